The average Bonchev–Trinajstić information content (AvgIpc) is 3.58. The van der Waals surface area contributed by atoms with Crippen LogP contribution in [-0.4, -0.2) is 87.1 Å². The molecule has 0 unspecified atom stereocenters. The van der Waals surface area contributed by atoms with E-state index in [2.05, 4.69) is 23.8 Å². The van der Waals surface area contributed by atoms with Crippen molar-refractivity contribution in [1.82, 2.24) is 29.5 Å². The molecule has 0 saturated carbocycles. The molecule has 2 aliphatic heterocycles. The fourth-order valence-electron chi connectivity index (χ4n) is 4.88. The predicted molar refractivity (Wildman–Crippen MR) is 134 cm³/mol. The van der Waals surface area contributed by atoms with E-state index in [0.29, 0.717) is 31.7 Å². The molecule has 180 valence electrons. The maximum atomic E-state index is 13.8. The van der Waals surface area contributed by atoms with E-state index in [-0.39, 0.29) is 17.9 Å². The summed E-state index contributed by atoms with van der Waals surface area (Å²) in [7, 11) is 0. The number of likely N-dealkylation sites (tertiary alicyclic amines) is 1. The van der Waals surface area contributed by atoms with Crippen molar-refractivity contribution in [3.05, 3.63) is 35.3 Å². The zero-order valence-electron chi connectivity index (χ0n) is 19.9. The van der Waals surface area contributed by atoms with Crippen molar-refractivity contribution in [2.24, 2.45) is 0 Å². The summed E-state index contributed by atoms with van der Waals surface area (Å²) in [6.45, 7) is 9.19. The standard InChI is InChI=1S/C25H32N6O2S/c1-18(2)31-24-20(16-26-31)19(15-21(27-24)22-7-5-14-34-22)25(33)30-11-6-8-28(12-13-30)17-23(32)29-9-3-4-10-29/h5,7,14-16,18H,3-4,6,8-13,17H2,1-2H3. The van der Waals surface area contributed by atoms with Crippen LogP contribution in [0, 0.1) is 0 Å². The first-order valence-corrected chi connectivity index (χ1v) is 13.1. The van der Waals surface area contributed by atoms with Crippen LogP contribution in [0.5, 0.6) is 0 Å². The first-order chi connectivity index (χ1) is 16.5. The second kappa shape index (κ2) is 9.84. The molecule has 34 heavy (non-hydrogen) atoms. The fourth-order valence-corrected chi connectivity index (χ4v) is 5.57. The summed E-state index contributed by atoms with van der Waals surface area (Å²) in [6.07, 6.45) is 4.84. The summed E-state index contributed by atoms with van der Waals surface area (Å²) in [5.41, 5.74) is 2.21. The van der Waals surface area contributed by atoms with Gasteiger partial charge in [-0.25, -0.2) is 9.67 Å². The van der Waals surface area contributed by atoms with Gasteiger partial charge in [-0.15, -0.1) is 11.3 Å². The van der Waals surface area contributed by atoms with Gasteiger partial charge in [-0.1, -0.05) is 6.07 Å². The second-order valence-corrected chi connectivity index (χ2v) is 10.4. The van der Waals surface area contributed by atoms with Crippen LogP contribution in [0.3, 0.4) is 0 Å². The number of carbonyl (C=O) groups excluding carboxylic acids is 2. The molecule has 3 aromatic rings. The summed E-state index contributed by atoms with van der Waals surface area (Å²) in [4.78, 5) is 38.4. The molecule has 5 heterocycles. The lowest BCUT2D eigenvalue weighted by Crippen LogP contribution is -2.41. The Hall–Kier alpha value is -2.78. The minimum Gasteiger partial charge on any atom is -0.342 e. The summed E-state index contributed by atoms with van der Waals surface area (Å²) >= 11 is 1.62. The van der Waals surface area contributed by atoms with E-state index in [9.17, 15) is 9.59 Å². The highest BCUT2D eigenvalue weighted by Crippen LogP contribution is 2.29. The number of rotatable bonds is 5. The smallest absolute Gasteiger partial charge is 0.254 e. The van der Waals surface area contributed by atoms with Gasteiger partial charge in [0.05, 0.1) is 34.3 Å². The molecule has 2 saturated heterocycles. The van der Waals surface area contributed by atoms with Gasteiger partial charge in [0.1, 0.15) is 0 Å². The molecule has 0 bridgehead atoms. The van der Waals surface area contributed by atoms with Gasteiger partial charge >= 0.3 is 0 Å². The fraction of sp³-hybridized carbons (Fsp3) is 0.520. The van der Waals surface area contributed by atoms with Crippen LogP contribution in [0.25, 0.3) is 21.6 Å². The molecule has 0 spiro atoms. The molecule has 3 aromatic heterocycles. The zero-order chi connectivity index (χ0) is 23.7. The highest BCUT2D eigenvalue weighted by atomic mass is 32.1. The molecule has 5 rings (SSSR count). The largest absolute Gasteiger partial charge is 0.342 e. The Morgan fingerprint density at radius 2 is 1.82 bits per heavy atom. The minimum atomic E-state index is 0.0150. The van der Waals surface area contributed by atoms with E-state index in [1.165, 1.54) is 0 Å². The second-order valence-electron chi connectivity index (χ2n) is 9.46. The summed E-state index contributed by atoms with van der Waals surface area (Å²) < 4.78 is 1.89. The van der Waals surface area contributed by atoms with Crippen molar-refractivity contribution < 1.29 is 9.59 Å². The summed E-state index contributed by atoms with van der Waals surface area (Å²) in [6, 6.07) is 6.10. The third-order valence-electron chi connectivity index (χ3n) is 6.75. The van der Waals surface area contributed by atoms with E-state index in [0.717, 1.165) is 60.5 Å². The van der Waals surface area contributed by atoms with Gasteiger partial charge in [0, 0.05) is 45.3 Å². The van der Waals surface area contributed by atoms with Crippen LogP contribution in [0.2, 0.25) is 0 Å². The number of aromatic nitrogens is 3. The van der Waals surface area contributed by atoms with Crippen LogP contribution in [0.15, 0.2) is 29.8 Å². The van der Waals surface area contributed by atoms with Gasteiger partial charge in [0.25, 0.3) is 5.91 Å². The normalized spacial score (nSPS) is 17.6. The number of amides is 2. The molecular weight excluding hydrogens is 448 g/mol. The Labute approximate surface area is 204 Å². The first-order valence-electron chi connectivity index (χ1n) is 12.2. The third kappa shape index (κ3) is 4.59. The van der Waals surface area contributed by atoms with E-state index in [1.54, 1.807) is 17.5 Å². The Balaban J connectivity index is 1.38. The predicted octanol–water partition coefficient (Wildman–Crippen LogP) is 3.51. The number of hydrogen-bond acceptors (Lipinski definition) is 6. The SMILES string of the molecule is CC(C)n1ncc2c(C(=O)N3CCCN(CC(=O)N4CCCC4)CC3)cc(-c3cccs3)nc21. The number of fused-ring (bicyclic) bond motifs is 1. The Kier molecular flexibility index (Phi) is 6.65. The quantitative estimate of drug-likeness (QED) is 0.559. The number of thiophene rings is 1. The number of hydrogen-bond donors (Lipinski definition) is 0. The summed E-state index contributed by atoms with van der Waals surface area (Å²) in [5.74, 6) is 0.232. The highest BCUT2D eigenvalue weighted by molar-refractivity contribution is 7.13. The first kappa shape index (κ1) is 23.0. The monoisotopic (exact) mass is 480 g/mol. The zero-order valence-corrected chi connectivity index (χ0v) is 20.8. The van der Waals surface area contributed by atoms with Crippen LogP contribution in [0.4, 0.5) is 0 Å². The Bertz CT molecular complexity index is 1170. The Morgan fingerprint density at radius 1 is 1.03 bits per heavy atom. The average molecular weight is 481 g/mol. The summed E-state index contributed by atoms with van der Waals surface area (Å²) in [5, 5.41) is 7.36. The van der Waals surface area contributed by atoms with Gasteiger partial charge in [-0.2, -0.15) is 5.10 Å². The van der Waals surface area contributed by atoms with Gasteiger partial charge in [0.2, 0.25) is 5.91 Å². The minimum absolute atomic E-state index is 0.0150. The van der Waals surface area contributed by atoms with Crippen LogP contribution >= 0.6 is 11.3 Å². The molecule has 2 aliphatic rings. The van der Waals surface area contributed by atoms with Crippen molar-refractivity contribution >= 4 is 34.2 Å². The molecule has 0 atom stereocenters. The van der Waals surface area contributed by atoms with E-state index < -0.39 is 0 Å². The molecule has 0 N–H and O–H groups in total. The topological polar surface area (TPSA) is 74.6 Å². The van der Waals surface area contributed by atoms with Crippen molar-refractivity contribution in [2.75, 3.05) is 45.8 Å². The lowest BCUT2D eigenvalue weighted by molar-refractivity contribution is -0.131. The van der Waals surface area contributed by atoms with Crippen molar-refractivity contribution in [2.45, 2.75) is 39.2 Å². The number of pyridine rings is 1. The maximum absolute atomic E-state index is 13.8. The van der Waals surface area contributed by atoms with Crippen LogP contribution in [0.1, 0.15) is 49.5 Å². The number of nitrogens with zero attached hydrogens (tertiary/aromatic N) is 6. The van der Waals surface area contributed by atoms with Gasteiger partial charge in [-0.05, 0) is 50.6 Å². The van der Waals surface area contributed by atoms with Crippen LogP contribution in [-0.2, 0) is 4.79 Å². The Morgan fingerprint density at radius 3 is 2.56 bits per heavy atom. The van der Waals surface area contributed by atoms with Crippen molar-refractivity contribution in [1.29, 1.82) is 0 Å². The van der Waals surface area contributed by atoms with Gasteiger partial charge < -0.3 is 9.80 Å². The maximum Gasteiger partial charge on any atom is 0.254 e. The van der Waals surface area contributed by atoms with Crippen LogP contribution < -0.4 is 0 Å². The van der Waals surface area contributed by atoms with E-state index >= 15 is 0 Å². The molecule has 0 aliphatic carbocycles. The van der Waals surface area contributed by atoms with Gasteiger partial charge in [0.15, 0.2) is 5.65 Å². The van der Waals surface area contributed by atoms with Gasteiger partial charge in [-0.3, -0.25) is 14.5 Å². The van der Waals surface area contributed by atoms with Crippen molar-refractivity contribution in [3.8, 4) is 10.6 Å². The molecule has 0 aromatic carbocycles. The molecule has 8 nitrogen and oxygen atoms in total. The van der Waals surface area contributed by atoms with E-state index in [1.807, 2.05) is 38.1 Å². The molecule has 0 radical (unpaired) electrons. The highest BCUT2D eigenvalue weighted by Gasteiger charge is 2.26. The molecule has 9 heteroatoms. The molecular formula is C25H32N6O2S. The molecule has 2 fully saturated rings. The molecule has 2 amide bonds. The third-order valence-corrected chi connectivity index (χ3v) is 7.65. The number of carbonyl (C=O) groups is 2. The van der Waals surface area contributed by atoms with Crippen molar-refractivity contribution in [3.63, 3.8) is 0 Å². The lowest BCUT2D eigenvalue weighted by atomic mass is 10.1. The van der Waals surface area contributed by atoms with E-state index in [4.69, 9.17) is 4.98 Å². The lowest BCUT2D eigenvalue weighted by Gasteiger charge is -2.24.